The van der Waals surface area contributed by atoms with E-state index in [1.54, 1.807) is 24.9 Å². The van der Waals surface area contributed by atoms with Crippen LogP contribution in [0.4, 0.5) is 5.82 Å². The number of rotatable bonds is 6. The summed E-state index contributed by atoms with van der Waals surface area (Å²) in [5.74, 6) is 1.51. The van der Waals surface area contributed by atoms with Gasteiger partial charge in [0.1, 0.15) is 17.8 Å². The van der Waals surface area contributed by atoms with E-state index in [1.165, 1.54) is 24.2 Å². The molecule has 2 saturated carbocycles. The quantitative estimate of drug-likeness (QED) is 0.498. The Morgan fingerprint density at radius 3 is 2.87 bits per heavy atom. The molecular weight excluding hydrogens is 412 g/mol. The van der Waals surface area contributed by atoms with E-state index in [2.05, 4.69) is 35.0 Å². The van der Waals surface area contributed by atoms with Gasteiger partial charge in [-0.15, -0.1) is 21.5 Å². The summed E-state index contributed by atoms with van der Waals surface area (Å²) in [6.45, 7) is 1.98. The summed E-state index contributed by atoms with van der Waals surface area (Å²) >= 11 is 1.44. The van der Waals surface area contributed by atoms with Crippen molar-refractivity contribution in [3.63, 3.8) is 0 Å². The zero-order valence-electron chi connectivity index (χ0n) is 16.9. The first-order chi connectivity index (χ1) is 15.2. The number of aromatic nitrogens is 7. The molecule has 1 amide bonds. The Kier molecular flexibility index (Phi) is 4.20. The molecule has 0 atom stereocenters. The lowest BCUT2D eigenvalue weighted by Crippen LogP contribution is -2.15. The largest absolute Gasteiger partial charge is 0.308 e. The molecule has 0 radical (unpaired) electrons. The maximum Gasteiger partial charge on any atom is 0.275 e. The molecule has 0 saturated heterocycles. The number of carbonyl (C=O) groups excluding carboxylic acids is 1. The number of aryl methyl sites for hydroxylation is 1. The predicted octanol–water partition coefficient (Wildman–Crippen LogP) is 3.76. The van der Waals surface area contributed by atoms with Crippen LogP contribution in [-0.4, -0.2) is 40.2 Å². The van der Waals surface area contributed by atoms with Crippen LogP contribution in [0.2, 0.25) is 0 Å². The topological polar surface area (TPSA) is 103 Å². The number of anilines is 1. The van der Waals surface area contributed by atoms with Gasteiger partial charge in [-0.3, -0.25) is 9.78 Å². The van der Waals surface area contributed by atoms with Crippen molar-refractivity contribution in [2.24, 2.45) is 0 Å². The van der Waals surface area contributed by atoms with E-state index < -0.39 is 0 Å². The molecule has 10 heteroatoms. The third kappa shape index (κ3) is 3.52. The van der Waals surface area contributed by atoms with Gasteiger partial charge in [0.25, 0.3) is 5.91 Å². The summed E-state index contributed by atoms with van der Waals surface area (Å²) in [5, 5.41) is 13.6. The Hall–Kier alpha value is -3.40. The summed E-state index contributed by atoms with van der Waals surface area (Å²) in [6.07, 6.45) is 12.0. The second-order valence-corrected chi connectivity index (χ2v) is 8.98. The molecule has 6 rings (SSSR count). The molecule has 2 aliphatic carbocycles. The van der Waals surface area contributed by atoms with Crippen molar-refractivity contribution < 1.29 is 4.79 Å². The van der Waals surface area contributed by atoms with Crippen LogP contribution < -0.4 is 5.32 Å². The van der Waals surface area contributed by atoms with E-state index >= 15 is 0 Å². The summed E-state index contributed by atoms with van der Waals surface area (Å²) in [6, 6.07) is 2.26. The molecule has 0 unspecified atom stereocenters. The zero-order chi connectivity index (χ0) is 20.9. The van der Waals surface area contributed by atoms with Crippen LogP contribution in [0.1, 0.15) is 59.4 Å². The van der Waals surface area contributed by atoms with Crippen molar-refractivity contribution in [1.82, 2.24) is 34.3 Å². The molecule has 0 aliphatic heterocycles. The van der Waals surface area contributed by atoms with Gasteiger partial charge in [0.2, 0.25) is 0 Å². The van der Waals surface area contributed by atoms with Crippen molar-refractivity contribution in [2.45, 2.75) is 44.6 Å². The van der Waals surface area contributed by atoms with Gasteiger partial charge in [-0.1, -0.05) is 0 Å². The highest BCUT2D eigenvalue weighted by atomic mass is 32.1. The summed E-state index contributed by atoms with van der Waals surface area (Å²) < 4.78 is 4.02. The molecule has 1 N–H and O–H groups in total. The monoisotopic (exact) mass is 432 g/mol. The Morgan fingerprint density at radius 2 is 2.06 bits per heavy atom. The average molecular weight is 433 g/mol. The fourth-order valence-corrected chi connectivity index (χ4v) is 4.34. The molecule has 156 valence electrons. The van der Waals surface area contributed by atoms with Crippen molar-refractivity contribution in [3.05, 3.63) is 53.4 Å². The number of pyridine rings is 1. The SMILES string of the molecule is Cc1cnc(C(=O)Nc2csc(-c3nncn3C3CC3)n2)cc1-n1cnc(C2CC2)c1. The second kappa shape index (κ2) is 7.09. The summed E-state index contributed by atoms with van der Waals surface area (Å²) in [7, 11) is 0. The van der Waals surface area contributed by atoms with Gasteiger partial charge in [0, 0.05) is 29.7 Å². The van der Waals surface area contributed by atoms with Crippen molar-refractivity contribution in [1.29, 1.82) is 0 Å². The third-order valence-electron chi connectivity index (χ3n) is 5.63. The molecule has 0 bridgehead atoms. The van der Waals surface area contributed by atoms with Gasteiger partial charge in [-0.25, -0.2) is 9.97 Å². The minimum Gasteiger partial charge on any atom is -0.308 e. The molecular formula is C21H20N8OS. The lowest BCUT2D eigenvalue weighted by molar-refractivity contribution is 0.102. The first-order valence-corrected chi connectivity index (χ1v) is 11.2. The Bertz CT molecular complexity index is 1280. The number of thiazole rings is 1. The second-order valence-electron chi connectivity index (χ2n) is 8.12. The predicted molar refractivity (Wildman–Crippen MR) is 115 cm³/mol. The standard InChI is InChI=1S/C21H20N8OS/c1-12-7-22-15(6-17(12)28-8-16(23-10-28)13-2-3-13)20(30)25-18-9-31-21(26-18)19-27-24-11-29(19)14-4-5-14/h6-11,13-14H,2-5H2,1H3,(H,25,30). The minimum absolute atomic E-state index is 0.302. The number of amides is 1. The normalized spacial score (nSPS) is 15.9. The fraction of sp³-hybridized carbons (Fsp3) is 0.333. The first kappa shape index (κ1) is 18.4. The highest BCUT2D eigenvalue weighted by Gasteiger charge is 2.28. The molecule has 0 spiro atoms. The van der Waals surface area contributed by atoms with Gasteiger partial charge in [-0.2, -0.15) is 0 Å². The fourth-order valence-electron chi connectivity index (χ4n) is 3.60. The molecule has 4 heterocycles. The Labute approximate surface area is 182 Å². The molecule has 31 heavy (non-hydrogen) atoms. The van der Waals surface area contributed by atoms with Gasteiger partial charge >= 0.3 is 0 Å². The maximum absolute atomic E-state index is 12.8. The first-order valence-electron chi connectivity index (χ1n) is 10.3. The lowest BCUT2D eigenvalue weighted by Gasteiger charge is -2.08. The number of carbonyl (C=O) groups is 1. The Balaban J connectivity index is 1.22. The minimum atomic E-state index is -0.302. The number of hydrogen-bond acceptors (Lipinski definition) is 7. The average Bonchev–Trinajstić information content (AvgIpc) is 3.65. The van der Waals surface area contributed by atoms with Gasteiger partial charge < -0.3 is 14.5 Å². The summed E-state index contributed by atoms with van der Waals surface area (Å²) in [5.41, 5.74) is 3.32. The van der Waals surface area contributed by atoms with Gasteiger partial charge in [-0.05, 0) is 44.2 Å². The van der Waals surface area contributed by atoms with E-state index in [1.807, 2.05) is 23.1 Å². The Morgan fingerprint density at radius 1 is 1.19 bits per heavy atom. The van der Waals surface area contributed by atoms with Gasteiger partial charge in [0.15, 0.2) is 10.8 Å². The van der Waals surface area contributed by atoms with E-state index in [0.29, 0.717) is 23.5 Å². The van der Waals surface area contributed by atoms with Crippen LogP contribution in [0.3, 0.4) is 0 Å². The van der Waals surface area contributed by atoms with Crippen molar-refractivity contribution >= 4 is 23.1 Å². The van der Waals surface area contributed by atoms with E-state index in [9.17, 15) is 4.79 Å². The summed E-state index contributed by atoms with van der Waals surface area (Å²) in [4.78, 5) is 26.2. The number of hydrogen-bond donors (Lipinski definition) is 1. The van der Waals surface area contributed by atoms with Crippen LogP contribution in [-0.2, 0) is 0 Å². The highest BCUT2D eigenvalue weighted by Crippen LogP contribution is 2.39. The number of imidazole rings is 1. The molecule has 2 fully saturated rings. The molecule has 4 aromatic rings. The van der Waals surface area contributed by atoms with Crippen molar-refractivity contribution in [2.75, 3.05) is 5.32 Å². The zero-order valence-corrected chi connectivity index (χ0v) is 17.7. The highest BCUT2D eigenvalue weighted by molar-refractivity contribution is 7.13. The lowest BCUT2D eigenvalue weighted by atomic mass is 10.2. The van der Waals surface area contributed by atoms with Gasteiger partial charge in [0.05, 0.1) is 17.7 Å². The van der Waals surface area contributed by atoms with Crippen LogP contribution in [0, 0.1) is 6.92 Å². The van der Waals surface area contributed by atoms with Crippen LogP contribution >= 0.6 is 11.3 Å². The number of nitrogens with one attached hydrogen (secondary N) is 1. The smallest absolute Gasteiger partial charge is 0.275 e. The van der Waals surface area contributed by atoms with Crippen LogP contribution in [0.15, 0.2) is 36.5 Å². The third-order valence-corrected chi connectivity index (χ3v) is 6.47. The molecule has 4 aromatic heterocycles. The van der Waals surface area contributed by atoms with E-state index in [-0.39, 0.29) is 5.91 Å². The number of nitrogens with zero attached hydrogens (tertiary/aromatic N) is 7. The van der Waals surface area contributed by atoms with Crippen molar-refractivity contribution in [3.8, 4) is 16.5 Å². The van der Waals surface area contributed by atoms with E-state index in [0.717, 1.165) is 40.6 Å². The van der Waals surface area contributed by atoms with Crippen LogP contribution in [0.5, 0.6) is 0 Å². The molecule has 2 aliphatic rings. The molecule has 0 aromatic carbocycles. The van der Waals surface area contributed by atoms with E-state index in [4.69, 9.17) is 0 Å². The van der Waals surface area contributed by atoms with Crippen LogP contribution in [0.25, 0.3) is 16.5 Å². The molecule has 9 nitrogen and oxygen atoms in total. The maximum atomic E-state index is 12.8.